The minimum atomic E-state index is 0.292. The number of aromatic hydroxyl groups is 1. The van der Waals surface area contributed by atoms with Crippen molar-refractivity contribution in [3.63, 3.8) is 0 Å². The Hall–Kier alpha value is -2.29. The Bertz CT molecular complexity index is 731. The van der Waals surface area contributed by atoms with E-state index in [2.05, 4.69) is 24.3 Å². The van der Waals surface area contributed by atoms with E-state index < -0.39 is 0 Å². The zero-order valence-electron chi connectivity index (χ0n) is 11.6. The van der Waals surface area contributed by atoms with Crippen LogP contribution in [0, 0.1) is 0 Å². The van der Waals surface area contributed by atoms with Crippen molar-refractivity contribution >= 4 is 10.8 Å². The molecule has 20 heavy (non-hydrogen) atoms. The van der Waals surface area contributed by atoms with Crippen LogP contribution in [0.25, 0.3) is 21.9 Å². The SMILES string of the molecule is CCCCn1cc(-c2cc(O)cc3ccccc23)cn1. The van der Waals surface area contributed by atoms with E-state index >= 15 is 0 Å². The maximum Gasteiger partial charge on any atom is 0.116 e. The third-order valence-corrected chi connectivity index (χ3v) is 3.53. The Kier molecular flexibility index (Phi) is 3.42. The summed E-state index contributed by atoms with van der Waals surface area (Å²) in [7, 11) is 0. The van der Waals surface area contributed by atoms with Crippen molar-refractivity contribution in [3.05, 3.63) is 48.8 Å². The molecule has 1 heterocycles. The normalized spacial score (nSPS) is 11.1. The highest BCUT2D eigenvalue weighted by atomic mass is 16.3. The molecule has 1 aromatic heterocycles. The van der Waals surface area contributed by atoms with Crippen molar-refractivity contribution in [1.29, 1.82) is 0 Å². The average Bonchev–Trinajstić information content (AvgIpc) is 2.93. The molecule has 102 valence electrons. The maximum absolute atomic E-state index is 9.89. The van der Waals surface area contributed by atoms with Gasteiger partial charge in [0.1, 0.15) is 5.75 Å². The number of hydrogen-bond acceptors (Lipinski definition) is 2. The molecule has 1 N–H and O–H groups in total. The Morgan fingerprint density at radius 2 is 2.05 bits per heavy atom. The van der Waals surface area contributed by atoms with Crippen LogP contribution in [0.1, 0.15) is 19.8 Å². The second-order valence-electron chi connectivity index (χ2n) is 5.06. The number of hydrogen-bond donors (Lipinski definition) is 1. The van der Waals surface area contributed by atoms with Gasteiger partial charge in [-0.2, -0.15) is 5.10 Å². The van der Waals surface area contributed by atoms with Crippen LogP contribution >= 0.6 is 0 Å². The number of phenolic OH excluding ortho intramolecular Hbond substituents is 1. The molecule has 3 nitrogen and oxygen atoms in total. The summed E-state index contributed by atoms with van der Waals surface area (Å²) >= 11 is 0. The van der Waals surface area contributed by atoms with Gasteiger partial charge in [0.05, 0.1) is 6.20 Å². The summed E-state index contributed by atoms with van der Waals surface area (Å²) in [5.41, 5.74) is 2.08. The van der Waals surface area contributed by atoms with E-state index in [0.29, 0.717) is 5.75 Å². The predicted molar refractivity (Wildman–Crippen MR) is 81.7 cm³/mol. The number of unbranched alkanes of at least 4 members (excludes halogenated alkanes) is 1. The number of aryl methyl sites for hydroxylation is 1. The minimum Gasteiger partial charge on any atom is -0.508 e. The third kappa shape index (κ3) is 2.39. The zero-order valence-corrected chi connectivity index (χ0v) is 11.6. The van der Waals surface area contributed by atoms with Gasteiger partial charge in [0.2, 0.25) is 0 Å². The molecule has 0 saturated heterocycles. The smallest absolute Gasteiger partial charge is 0.116 e. The molecule has 0 bridgehead atoms. The molecule has 0 aliphatic heterocycles. The fraction of sp³-hybridized carbons (Fsp3) is 0.235. The number of nitrogens with zero attached hydrogens (tertiary/aromatic N) is 2. The molecule has 0 fully saturated rings. The fourth-order valence-corrected chi connectivity index (χ4v) is 2.48. The highest BCUT2D eigenvalue weighted by Crippen LogP contribution is 2.32. The molecule has 2 aromatic carbocycles. The van der Waals surface area contributed by atoms with Gasteiger partial charge in [0, 0.05) is 18.3 Å². The summed E-state index contributed by atoms with van der Waals surface area (Å²) in [5.74, 6) is 0.292. The lowest BCUT2D eigenvalue weighted by atomic mass is 10.0. The van der Waals surface area contributed by atoms with Crippen LogP contribution < -0.4 is 0 Å². The molecule has 0 aliphatic rings. The molecule has 0 saturated carbocycles. The van der Waals surface area contributed by atoms with Crippen LogP contribution in [-0.4, -0.2) is 14.9 Å². The molecule has 0 spiro atoms. The highest BCUT2D eigenvalue weighted by Gasteiger charge is 2.08. The van der Waals surface area contributed by atoms with Crippen molar-refractivity contribution in [1.82, 2.24) is 9.78 Å². The van der Waals surface area contributed by atoms with Gasteiger partial charge in [-0.3, -0.25) is 4.68 Å². The zero-order chi connectivity index (χ0) is 13.9. The topological polar surface area (TPSA) is 38.0 Å². The summed E-state index contributed by atoms with van der Waals surface area (Å²) in [6.45, 7) is 3.11. The monoisotopic (exact) mass is 266 g/mol. The van der Waals surface area contributed by atoms with Crippen LogP contribution in [-0.2, 0) is 6.54 Å². The fourth-order valence-electron chi connectivity index (χ4n) is 2.48. The number of aromatic nitrogens is 2. The molecule has 3 aromatic rings. The Labute approximate surface area is 118 Å². The van der Waals surface area contributed by atoms with Gasteiger partial charge in [0.25, 0.3) is 0 Å². The number of phenols is 1. The van der Waals surface area contributed by atoms with Crippen LogP contribution in [0.4, 0.5) is 0 Å². The van der Waals surface area contributed by atoms with Crippen LogP contribution in [0.15, 0.2) is 48.8 Å². The molecule has 0 amide bonds. The molecular formula is C17H18N2O. The average molecular weight is 266 g/mol. The lowest BCUT2D eigenvalue weighted by molar-refractivity contribution is 0.476. The van der Waals surface area contributed by atoms with E-state index in [1.54, 1.807) is 6.07 Å². The molecular weight excluding hydrogens is 248 g/mol. The molecule has 0 radical (unpaired) electrons. The van der Waals surface area contributed by atoms with E-state index in [-0.39, 0.29) is 0 Å². The first-order valence-corrected chi connectivity index (χ1v) is 7.02. The molecule has 3 rings (SSSR count). The van der Waals surface area contributed by atoms with Crippen LogP contribution in [0.3, 0.4) is 0 Å². The molecule has 0 aliphatic carbocycles. The van der Waals surface area contributed by atoms with E-state index in [0.717, 1.165) is 41.3 Å². The Morgan fingerprint density at radius 3 is 2.90 bits per heavy atom. The Morgan fingerprint density at radius 1 is 1.20 bits per heavy atom. The molecule has 3 heteroatoms. The van der Waals surface area contributed by atoms with Crippen molar-refractivity contribution in [2.75, 3.05) is 0 Å². The van der Waals surface area contributed by atoms with Gasteiger partial charge in [0.15, 0.2) is 0 Å². The highest BCUT2D eigenvalue weighted by molar-refractivity contribution is 5.97. The lowest BCUT2D eigenvalue weighted by Gasteiger charge is -2.06. The van der Waals surface area contributed by atoms with Gasteiger partial charge >= 0.3 is 0 Å². The van der Waals surface area contributed by atoms with Gasteiger partial charge in [-0.15, -0.1) is 0 Å². The number of rotatable bonds is 4. The molecule has 0 unspecified atom stereocenters. The van der Waals surface area contributed by atoms with Crippen molar-refractivity contribution in [2.24, 2.45) is 0 Å². The first kappa shape index (κ1) is 12.7. The summed E-state index contributed by atoms with van der Waals surface area (Å²) in [6, 6.07) is 11.7. The van der Waals surface area contributed by atoms with E-state index in [9.17, 15) is 5.11 Å². The summed E-state index contributed by atoms with van der Waals surface area (Å²) in [6.07, 6.45) is 6.21. The second-order valence-corrected chi connectivity index (χ2v) is 5.06. The summed E-state index contributed by atoms with van der Waals surface area (Å²) in [4.78, 5) is 0. The first-order valence-electron chi connectivity index (χ1n) is 7.02. The van der Waals surface area contributed by atoms with Crippen molar-refractivity contribution < 1.29 is 5.11 Å². The van der Waals surface area contributed by atoms with E-state index in [1.807, 2.05) is 35.1 Å². The van der Waals surface area contributed by atoms with Gasteiger partial charge in [-0.05, 0) is 34.9 Å². The first-order chi connectivity index (χ1) is 9.78. The largest absolute Gasteiger partial charge is 0.508 e. The maximum atomic E-state index is 9.89. The summed E-state index contributed by atoms with van der Waals surface area (Å²) in [5, 5.41) is 16.5. The van der Waals surface area contributed by atoms with E-state index in [1.165, 1.54) is 0 Å². The molecule has 0 atom stereocenters. The Balaban J connectivity index is 2.07. The van der Waals surface area contributed by atoms with Gasteiger partial charge in [-0.25, -0.2) is 0 Å². The quantitative estimate of drug-likeness (QED) is 0.768. The second kappa shape index (κ2) is 5.37. The van der Waals surface area contributed by atoms with Crippen molar-refractivity contribution in [3.8, 4) is 16.9 Å². The van der Waals surface area contributed by atoms with Gasteiger partial charge < -0.3 is 5.11 Å². The van der Waals surface area contributed by atoms with E-state index in [4.69, 9.17) is 0 Å². The van der Waals surface area contributed by atoms with Crippen LogP contribution in [0.5, 0.6) is 5.75 Å². The third-order valence-electron chi connectivity index (χ3n) is 3.53. The standard InChI is InChI=1S/C17H18N2O/c1-2-3-8-19-12-14(11-18-19)17-10-15(20)9-13-6-4-5-7-16(13)17/h4-7,9-12,20H,2-3,8H2,1H3. The lowest BCUT2D eigenvalue weighted by Crippen LogP contribution is -1.96. The predicted octanol–water partition coefficient (Wildman–Crippen LogP) is 4.21. The van der Waals surface area contributed by atoms with Crippen molar-refractivity contribution in [2.45, 2.75) is 26.3 Å². The van der Waals surface area contributed by atoms with Crippen LogP contribution in [0.2, 0.25) is 0 Å². The number of fused-ring (bicyclic) bond motifs is 1. The number of benzene rings is 2. The minimum absolute atomic E-state index is 0.292. The summed E-state index contributed by atoms with van der Waals surface area (Å²) < 4.78 is 1.97. The van der Waals surface area contributed by atoms with Gasteiger partial charge in [-0.1, -0.05) is 37.6 Å².